The maximum Gasteiger partial charge on any atom is 0.0659 e. The van der Waals surface area contributed by atoms with E-state index < -0.39 is 0 Å². The molecule has 5 heteroatoms. The molecule has 1 aliphatic heterocycles. The summed E-state index contributed by atoms with van der Waals surface area (Å²) < 4.78 is 1.94. The molecule has 5 nitrogen and oxygen atoms in total. The van der Waals surface area contributed by atoms with Gasteiger partial charge in [0.2, 0.25) is 0 Å². The Morgan fingerprint density at radius 2 is 2.00 bits per heavy atom. The first kappa shape index (κ1) is 15.2. The van der Waals surface area contributed by atoms with Crippen LogP contribution in [0.25, 0.3) is 0 Å². The first-order valence-corrected chi connectivity index (χ1v) is 7.83. The molecule has 0 amide bonds. The van der Waals surface area contributed by atoms with Crippen LogP contribution in [0.1, 0.15) is 11.1 Å². The van der Waals surface area contributed by atoms with Crippen molar-refractivity contribution in [1.82, 2.24) is 19.6 Å². The van der Waals surface area contributed by atoms with Gasteiger partial charge >= 0.3 is 0 Å². The lowest BCUT2D eigenvalue weighted by Gasteiger charge is -2.38. The lowest BCUT2D eigenvalue weighted by atomic mass is 10.1. The zero-order valence-electron chi connectivity index (χ0n) is 13.1. The minimum atomic E-state index is 0.229. The smallest absolute Gasteiger partial charge is 0.0659 e. The van der Waals surface area contributed by atoms with Gasteiger partial charge in [0.15, 0.2) is 0 Å². The predicted molar refractivity (Wildman–Crippen MR) is 86.6 cm³/mol. The Kier molecular flexibility index (Phi) is 4.87. The Bertz CT molecular complexity index is 584. The quantitative estimate of drug-likeness (QED) is 0.896. The van der Waals surface area contributed by atoms with Gasteiger partial charge in [-0.2, -0.15) is 5.10 Å². The molecule has 0 saturated carbocycles. The maximum absolute atomic E-state index is 9.46. The molecule has 2 aromatic rings. The van der Waals surface area contributed by atoms with Crippen molar-refractivity contribution in [2.24, 2.45) is 0 Å². The van der Waals surface area contributed by atoms with Crippen LogP contribution < -0.4 is 0 Å². The Labute approximate surface area is 131 Å². The second-order valence-corrected chi connectivity index (χ2v) is 6.08. The van der Waals surface area contributed by atoms with Crippen molar-refractivity contribution in [3.8, 4) is 0 Å². The number of aliphatic hydroxyl groups is 1. The third-order valence-electron chi connectivity index (χ3n) is 4.37. The minimum absolute atomic E-state index is 0.229. The third-order valence-corrected chi connectivity index (χ3v) is 4.37. The van der Waals surface area contributed by atoms with E-state index in [1.54, 1.807) is 0 Å². The van der Waals surface area contributed by atoms with Crippen LogP contribution in [0, 0.1) is 0 Å². The molecule has 1 N–H and O–H groups in total. The minimum Gasteiger partial charge on any atom is -0.395 e. The third kappa shape index (κ3) is 3.74. The van der Waals surface area contributed by atoms with Gasteiger partial charge in [0.25, 0.3) is 0 Å². The largest absolute Gasteiger partial charge is 0.395 e. The number of nitrogens with zero attached hydrogens (tertiary/aromatic N) is 4. The summed E-state index contributed by atoms with van der Waals surface area (Å²) >= 11 is 0. The van der Waals surface area contributed by atoms with Crippen molar-refractivity contribution in [3.05, 3.63) is 53.9 Å². The molecule has 1 aromatic heterocycles. The normalized spacial score (nSPS) is 20.4. The monoisotopic (exact) mass is 300 g/mol. The van der Waals surface area contributed by atoms with E-state index in [9.17, 15) is 5.11 Å². The topological polar surface area (TPSA) is 44.5 Å². The summed E-state index contributed by atoms with van der Waals surface area (Å²) in [6, 6.07) is 10.9. The number of hydrogen-bond donors (Lipinski definition) is 1. The maximum atomic E-state index is 9.46. The van der Waals surface area contributed by atoms with Gasteiger partial charge in [-0.1, -0.05) is 24.3 Å². The van der Waals surface area contributed by atoms with Gasteiger partial charge in [0, 0.05) is 44.6 Å². The molecule has 0 spiro atoms. The van der Waals surface area contributed by atoms with Crippen LogP contribution in [0.4, 0.5) is 0 Å². The van der Waals surface area contributed by atoms with E-state index >= 15 is 0 Å². The molecule has 0 bridgehead atoms. The molecule has 22 heavy (non-hydrogen) atoms. The summed E-state index contributed by atoms with van der Waals surface area (Å²) in [5.74, 6) is 0. The molecular weight excluding hydrogens is 276 g/mol. The Morgan fingerprint density at radius 3 is 2.73 bits per heavy atom. The van der Waals surface area contributed by atoms with Gasteiger partial charge < -0.3 is 5.11 Å². The molecule has 0 unspecified atom stereocenters. The lowest BCUT2D eigenvalue weighted by Crippen LogP contribution is -2.52. The summed E-state index contributed by atoms with van der Waals surface area (Å²) in [5, 5.41) is 13.7. The summed E-state index contributed by atoms with van der Waals surface area (Å²) in [6.45, 7) is 4.97. The highest BCUT2D eigenvalue weighted by Crippen LogP contribution is 2.13. The Balaban J connectivity index is 1.63. The SMILES string of the molecule is CN1CCN(Cc2cccc(Cn3cccn3)c2)C[C@@H]1CO. The van der Waals surface area contributed by atoms with Crippen LogP contribution in [0.15, 0.2) is 42.7 Å². The highest BCUT2D eigenvalue weighted by Gasteiger charge is 2.23. The van der Waals surface area contributed by atoms with Crippen molar-refractivity contribution in [2.75, 3.05) is 33.3 Å². The number of aromatic nitrogens is 2. The number of likely N-dealkylation sites (N-methyl/N-ethyl adjacent to an activating group) is 1. The van der Waals surface area contributed by atoms with Gasteiger partial charge in [-0.15, -0.1) is 0 Å². The van der Waals surface area contributed by atoms with Crippen LogP contribution in [0.3, 0.4) is 0 Å². The summed E-state index contributed by atoms with van der Waals surface area (Å²) in [6.07, 6.45) is 3.79. The fourth-order valence-corrected chi connectivity index (χ4v) is 3.02. The zero-order chi connectivity index (χ0) is 15.4. The van der Waals surface area contributed by atoms with Crippen LogP contribution in [-0.4, -0.2) is 64.0 Å². The molecule has 1 aliphatic rings. The summed E-state index contributed by atoms with van der Waals surface area (Å²) in [4.78, 5) is 4.67. The Hall–Kier alpha value is -1.69. The van der Waals surface area contributed by atoms with Gasteiger partial charge in [-0.05, 0) is 24.2 Å². The van der Waals surface area contributed by atoms with Crippen molar-refractivity contribution >= 4 is 0 Å². The van der Waals surface area contributed by atoms with E-state index in [1.807, 2.05) is 23.1 Å². The van der Waals surface area contributed by atoms with Crippen LogP contribution in [0.5, 0.6) is 0 Å². The van der Waals surface area contributed by atoms with Gasteiger partial charge in [-0.25, -0.2) is 0 Å². The first-order valence-electron chi connectivity index (χ1n) is 7.83. The standard InChI is InChI=1S/C17H24N4O/c1-19-8-9-20(13-17(19)14-22)11-15-4-2-5-16(10-15)12-21-7-3-6-18-21/h2-7,10,17,22H,8-9,11-14H2,1H3/t17-/m1/s1. The van der Waals surface area contributed by atoms with Gasteiger partial charge in [0.05, 0.1) is 13.2 Å². The van der Waals surface area contributed by atoms with E-state index in [4.69, 9.17) is 0 Å². The molecular formula is C17H24N4O. The molecule has 118 valence electrons. The Morgan fingerprint density at radius 1 is 1.18 bits per heavy atom. The average molecular weight is 300 g/mol. The average Bonchev–Trinajstić information content (AvgIpc) is 3.02. The number of piperazine rings is 1. The molecule has 1 fully saturated rings. The molecule has 0 aliphatic carbocycles. The summed E-state index contributed by atoms with van der Waals surface area (Å²) in [7, 11) is 2.09. The number of hydrogen-bond acceptors (Lipinski definition) is 4. The van der Waals surface area contributed by atoms with Crippen LogP contribution in [-0.2, 0) is 13.1 Å². The predicted octanol–water partition coefficient (Wildman–Crippen LogP) is 1.04. The molecule has 2 heterocycles. The fraction of sp³-hybridized carbons (Fsp3) is 0.471. The first-order chi connectivity index (χ1) is 10.7. The lowest BCUT2D eigenvalue weighted by molar-refractivity contribution is 0.0540. The van der Waals surface area contributed by atoms with Crippen LogP contribution in [0.2, 0.25) is 0 Å². The molecule has 1 saturated heterocycles. The molecule has 1 atom stereocenters. The number of rotatable bonds is 5. The second-order valence-electron chi connectivity index (χ2n) is 6.08. The summed E-state index contributed by atoms with van der Waals surface area (Å²) in [5.41, 5.74) is 2.60. The fourth-order valence-electron chi connectivity index (χ4n) is 3.02. The highest BCUT2D eigenvalue weighted by molar-refractivity contribution is 5.23. The van der Waals surface area contributed by atoms with Gasteiger partial charge in [0.1, 0.15) is 0 Å². The molecule has 0 radical (unpaired) electrons. The van der Waals surface area contributed by atoms with E-state index in [1.165, 1.54) is 11.1 Å². The molecule has 1 aromatic carbocycles. The number of aliphatic hydroxyl groups excluding tert-OH is 1. The van der Waals surface area contributed by atoms with E-state index in [2.05, 4.69) is 46.2 Å². The van der Waals surface area contributed by atoms with Crippen LogP contribution >= 0.6 is 0 Å². The van der Waals surface area contributed by atoms with Crippen molar-refractivity contribution in [2.45, 2.75) is 19.1 Å². The van der Waals surface area contributed by atoms with Gasteiger partial charge in [-0.3, -0.25) is 14.5 Å². The van der Waals surface area contributed by atoms with Crippen molar-refractivity contribution in [1.29, 1.82) is 0 Å². The van der Waals surface area contributed by atoms with E-state index in [0.29, 0.717) is 0 Å². The van der Waals surface area contributed by atoms with Crippen molar-refractivity contribution in [3.63, 3.8) is 0 Å². The van der Waals surface area contributed by atoms with E-state index in [-0.39, 0.29) is 12.6 Å². The zero-order valence-corrected chi connectivity index (χ0v) is 13.1. The van der Waals surface area contributed by atoms with E-state index in [0.717, 1.165) is 32.7 Å². The highest BCUT2D eigenvalue weighted by atomic mass is 16.3. The van der Waals surface area contributed by atoms with Crippen molar-refractivity contribution < 1.29 is 5.11 Å². The second kappa shape index (κ2) is 7.05. The number of benzene rings is 1. The molecule has 3 rings (SSSR count).